The third-order valence-electron chi connectivity index (χ3n) is 0.973. The van der Waals surface area contributed by atoms with Gasteiger partial charge in [0.15, 0.2) is 6.79 Å². The summed E-state index contributed by atoms with van der Waals surface area (Å²) in [6.07, 6.45) is 0. The van der Waals surface area contributed by atoms with Crippen molar-refractivity contribution in [3.8, 4) is 0 Å². The Balaban J connectivity index is 4.58. The summed E-state index contributed by atoms with van der Waals surface area (Å²) in [4.78, 5) is 0. The van der Waals surface area contributed by atoms with Gasteiger partial charge in [-0.05, 0) is 0 Å². The van der Waals surface area contributed by atoms with Gasteiger partial charge in [0.2, 0.25) is 0 Å². The van der Waals surface area contributed by atoms with Gasteiger partial charge < -0.3 is 0 Å². The van der Waals surface area contributed by atoms with E-state index in [1.54, 1.807) is 0 Å². The summed E-state index contributed by atoms with van der Waals surface area (Å²) in [6, 6.07) is 0. The molecule has 0 saturated carbocycles. The zero-order valence-corrected chi connectivity index (χ0v) is 8.87. The summed E-state index contributed by atoms with van der Waals surface area (Å²) in [6.45, 7) is -2.27. The van der Waals surface area contributed by atoms with Crippen molar-refractivity contribution in [3.05, 3.63) is 0 Å². The van der Waals surface area contributed by atoms with E-state index in [0.717, 1.165) is 0 Å². The zero-order valence-electron chi connectivity index (χ0n) is 7.24. The summed E-state index contributed by atoms with van der Waals surface area (Å²) in [5, 5.41) is 0. The second-order valence-electron chi connectivity index (χ2n) is 2.15. The van der Waals surface area contributed by atoms with Crippen LogP contribution in [0.25, 0.3) is 0 Å². The average Bonchev–Trinajstić information content (AvgIpc) is 1.98. The fraction of sp³-hybridized carbons (Fsp3) is 1.00. The summed E-state index contributed by atoms with van der Waals surface area (Å²) in [5.41, 5.74) is -11.8. The summed E-state index contributed by atoms with van der Waals surface area (Å²) in [5.74, 6) is 0. The highest BCUT2D eigenvalue weighted by atomic mass is 32.2. The van der Waals surface area contributed by atoms with Crippen LogP contribution >= 0.6 is 0 Å². The van der Waals surface area contributed by atoms with Crippen molar-refractivity contribution in [2.24, 2.45) is 0 Å². The molecule has 6 nitrogen and oxygen atoms in total. The van der Waals surface area contributed by atoms with Crippen molar-refractivity contribution in [1.29, 1.82) is 0 Å². The topological polar surface area (TPSA) is 86.7 Å². The van der Waals surface area contributed by atoms with Gasteiger partial charge in [-0.25, -0.2) is 8.37 Å². The third-order valence-corrected chi connectivity index (χ3v) is 2.92. The third kappa shape index (κ3) is 4.29. The predicted molar refractivity (Wildman–Crippen MR) is 37.0 cm³/mol. The molecule has 0 aromatic rings. The maximum Gasteiger partial charge on any atom is 0.523 e. The van der Waals surface area contributed by atoms with Gasteiger partial charge >= 0.3 is 31.3 Å². The van der Waals surface area contributed by atoms with Gasteiger partial charge in [-0.1, -0.05) is 0 Å². The van der Waals surface area contributed by atoms with Crippen molar-refractivity contribution >= 4 is 20.2 Å². The Labute approximate surface area is 90.4 Å². The first kappa shape index (κ1) is 16.4. The second kappa shape index (κ2) is 4.58. The average molecular weight is 312 g/mol. The van der Waals surface area contributed by atoms with Crippen LogP contribution in [0.15, 0.2) is 0 Å². The van der Waals surface area contributed by atoms with E-state index in [4.69, 9.17) is 0 Å². The monoisotopic (exact) mass is 312 g/mol. The molecule has 0 aromatic carbocycles. The Morgan fingerprint density at radius 1 is 0.706 bits per heavy atom. The van der Waals surface area contributed by atoms with Crippen LogP contribution in [0.4, 0.5) is 26.3 Å². The van der Waals surface area contributed by atoms with Crippen LogP contribution in [-0.2, 0) is 28.6 Å². The molecule has 0 radical (unpaired) electrons. The molecule has 0 N–H and O–H groups in total. The van der Waals surface area contributed by atoms with Crippen LogP contribution in [0, 0.1) is 0 Å². The number of rotatable bonds is 4. The minimum atomic E-state index is -6.22. The van der Waals surface area contributed by atoms with Crippen molar-refractivity contribution in [2.75, 3.05) is 6.79 Å². The molecule has 0 rings (SSSR count). The number of hydrogen-bond donors (Lipinski definition) is 0. The SMILES string of the molecule is O=S(=O)(OCOS(=O)(=O)C(F)(F)F)C(F)(F)F. The highest BCUT2D eigenvalue weighted by molar-refractivity contribution is 7.88. The van der Waals surface area contributed by atoms with E-state index in [1.165, 1.54) is 0 Å². The largest absolute Gasteiger partial charge is 0.523 e. The fourth-order valence-corrected chi connectivity index (χ4v) is 0.958. The molecule has 104 valence electrons. The lowest BCUT2D eigenvalue weighted by atomic mass is 11.5. The van der Waals surface area contributed by atoms with Crippen molar-refractivity contribution in [1.82, 2.24) is 0 Å². The van der Waals surface area contributed by atoms with Gasteiger partial charge in [-0.2, -0.15) is 43.2 Å². The molecule has 0 aliphatic carbocycles. The van der Waals surface area contributed by atoms with E-state index in [2.05, 4.69) is 8.37 Å². The van der Waals surface area contributed by atoms with Gasteiger partial charge in [-0.3, -0.25) is 0 Å². The van der Waals surface area contributed by atoms with Crippen molar-refractivity contribution in [3.63, 3.8) is 0 Å². The molecule has 0 spiro atoms. The van der Waals surface area contributed by atoms with Crippen molar-refractivity contribution in [2.45, 2.75) is 11.0 Å². The van der Waals surface area contributed by atoms with Crippen LogP contribution < -0.4 is 0 Å². The molecule has 0 amide bonds. The van der Waals surface area contributed by atoms with Crippen LogP contribution in [-0.4, -0.2) is 34.6 Å². The normalized spacial score (nSPS) is 14.9. The highest BCUT2D eigenvalue weighted by Gasteiger charge is 2.50. The van der Waals surface area contributed by atoms with E-state index in [9.17, 15) is 43.2 Å². The fourth-order valence-electron chi connectivity index (χ4n) is 0.280. The van der Waals surface area contributed by atoms with Crippen LogP contribution in [0.5, 0.6) is 0 Å². The molecular formula is C3H2F6O6S2. The standard InChI is InChI=1S/C3H2F6O6S2/c4-2(5,6)16(10,11)14-1-15-17(12,13)3(7,8)9/h1H2. The van der Waals surface area contributed by atoms with Crippen LogP contribution in [0.3, 0.4) is 0 Å². The first-order chi connectivity index (χ1) is 7.21. The molecule has 14 heteroatoms. The summed E-state index contributed by atoms with van der Waals surface area (Å²) in [7, 11) is -12.4. The quantitative estimate of drug-likeness (QED) is 0.328. The summed E-state index contributed by atoms with van der Waals surface area (Å²) < 4.78 is 115. The van der Waals surface area contributed by atoms with Crippen LogP contribution in [0.2, 0.25) is 0 Å². The minimum Gasteiger partial charge on any atom is -0.233 e. The number of alkyl halides is 6. The Morgan fingerprint density at radius 3 is 1.12 bits per heavy atom. The molecule has 0 aliphatic rings. The maximum absolute atomic E-state index is 11.5. The van der Waals surface area contributed by atoms with Gasteiger partial charge in [0.05, 0.1) is 0 Å². The Morgan fingerprint density at radius 2 is 0.941 bits per heavy atom. The number of halogens is 6. The molecule has 0 saturated heterocycles. The molecule has 0 aliphatic heterocycles. The minimum absolute atomic E-state index is 2.27. The highest BCUT2D eigenvalue weighted by Crippen LogP contribution is 2.27. The lowest BCUT2D eigenvalue weighted by molar-refractivity contribution is -0.0673. The maximum atomic E-state index is 11.5. The molecule has 0 bridgehead atoms. The van der Waals surface area contributed by atoms with E-state index in [-0.39, 0.29) is 0 Å². The second-order valence-corrected chi connectivity index (χ2v) is 5.37. The van der Waals surface area contributed by atoms with E-state index < -0.39 is 38.0 Å². The molecule has 0 aromatic heterocycles. The Kier molecular flexibility index (Phi) is 4.42. The Bertz CT molecular complexity index is 411. The smallest absolute Gasteiger partial charge is 0.233 e. The van der Waals surface area contributed by atoms with E-state index >= 15 is 0 Å². The summed E-state index contributed by atoms with van der Waals surface area (Å²) >= 11 is 0. The van der Waals surface area contributed by atoms with E-state index in [1.807, 2.05) is 0 Å². The molecule has 0 atom stereocenters. The van der Waals surface area contributed by atoms with Gasteiger partial charge in [-0.15, -0.1) is 0 Å². The first-order valence-corrected chi connectivity index (χ1v) is 5.94. The molecule has 17 heavy (non-hydrogen) atoms. The molecule has 0 heterocycles. The van der Waals surface area contributed by atoms with Crippen LogP contribution in [0.1, 0.15) is 0 Å². The van der Waals surface area contributed by atoms with E-state index in [0.29, 0.717) is 0 Å². The predicted octanol–water partition coefficient (Wildman–Crippen LogP) is 0.676. The van der Waals surface area contributed by atoms with Gasteiger partial charge in [0.25, 0.3) is 0 Å². The van der Waals surface area contributed by atoms with Crippen molar-refractivity contribution < 1.29 is 51.5 Å². The first-order valence-electron chi connectivity index (χ1n) is 3.12. The lowest BCUT2D eigenvalue weighted by Crippen LogP contribution is -2.30. The lowest BCUT2D eigenvalue weighted by Gasteiger charge is -2.10. The zero-order chi connectivity index (χ0) is 14.1. The van der Waals surface area contributed by atoms with Gasteiger partial charge in [0.1, 0.15) is 0 Å². The number of hydrogen-bond acceptors (Lipinski definition) is 6. The molecular weight excluding hydrogens is 310 g/mol. The Hall–Kier alpha value is -0.600. The van der Waals surface area contributed by atoms with Gasteiger partial charge in [0, 0.05) is 0 Å². The molecule has 0 fully saturated rings. The molecule has 0 unspecified atom stereocenters.